The number of hydrogen-bond donors (Lipinski definition) is 0. The number of benzene rings is 1. The molecule has 1 aliphatic heterocycles. The van der Waals surface area contributed by atoms with Crippen molar-refractivity contribution in [2.75, 3.05) is 26.2 Å². The molecule has 1 unspecified atom stereocenters. The fraction of sp³-hybridized carbons (Fsp3) is 0.391. The molecule has 0 aliphatic carbocycles. The molecule has 168 valence electrons. The van der Waals surface area contributed by atoms with E-state index in [1.807, 2.05) is 26.0 Å². The van der Waals surface area contributed by atoms with E-state index < -0.39 is 17.7 Å². The minimum absolute atomic E-state index is 0.0192. The van der Waals surface area contributed by atoms with Gasteiger partial charge in [-0.05, 0) is 18.1 Å². The van der Waals surface area contributed by atoms with Crippen LogP contribution in [0.3, 0.4) is 0 Å². The Labute approximate surface area is 184 Å². The Kier molecular flexibility index (Phi) is 6.16. The van der Waals surface area contributed by atoms with E-state index in [0.717, 1.165) is 12.1 Å². The van der Waals surface area contributed by atoms with Gasteiger partial charge in [0.1, 0.15) is 6.04 Å². The van der Waals surface area contributed by atoms with Gasteiger partial charge < -0.3 is 14.4 Å². The molecule has 9 heteroatoms. The van der Waals surface area contributed by atoms with Crippen LogP contribution in [0.2, 0.25) is 0 Å². The van der Waals surface area contributed by atoms with Crippen molar-refractivity contribution in [2.45, 2.75) is 26.3 Å². The Hall–Kier alpha value is -3.36. The molecule has 32 heavy (non-hydrogen) atoms. The quantitative estimate of drug-likeness (QED) is 0.611. The molecule has 7 nitrogen and oxygen atoms in total. The highest BCUT2D eigenvalue weighted by atomic mass is 19.2. The van der Waals surface area contributed by atoms with Gasteiger partial charge in [0.15, 0.2) is 11.6 Å². The van der Waals surface area contributed by atoms with Crippen molar-refractivity contribution in [3.8, 4) is 0 Å². The van der Waals surface area contributed by atoms with Crippen LogP contribution < -0.4 is 0 Å². The molecule has 3 aromatic rings. The Morgan fingerprint density at radius 3 is 2.34 bits per heavy atom. The van der Waals surface area contributed by atoms with Crippen molar-refractivity contribution in [1.29, 1.82) is 0 Å². The topological polar surface area (TPSA) is 71.3 Å². The van der Waals surface area contributed by atoms with Crippen LogP contribution in [0.15, 0.2) is 42.9 Å². The van der Waals surface area contributed by atoms with Crippen LogP contribution in [0.1, 0.15) is 25.6 Å². The molecule has 3 heterocycles. The fourth-order valence-electron chi connectivity index (χ4n) is 4.10. The minimum Gasteiger partial charge on any atom is -0.339 e. The molecule has 0 saturated carbocycles. The largest absolute Gasteiger partial charge is 0.339 e. The van der Waals surface area contributed by atoms with E-state index in [9.17, 15) is 18.4 Å². The van der Waals surface area contributed by atoms with Gasteiger partial charge in [0.2, 0.25) is 11.8 Å². The second-order valence-corrected chi connectivity index (χ2v) is 8.30. The molecule has 1 atom stereocenters. The lowest BCUT2D eigenvalue weighted by Gasteiger charge is -2.37. The Morgan fingerprint density at radius 2 is 1.69 bits per heavy atom. The predicted molar refractivity (Wildman–Crippen MR) is 115 cm³/mol. The van der Waals surface area contributed by atoms with E-state index in [1.165, 1.54) is 6.33 Å². The van der Waals surface area contributed by atoms with Gasteiger partial charge in [-0.1, -0.05) is 19.9 Å². The van der Waals surface area contributed by atoms with Crippen LogP contribution in [-0.4, -0.2) is 62.3 Å². The molecular formula is C23H25F2N5O2. The highest BCUT2D eigenvalue weighted by Gasteiger charge is 2.32. The first-order chi connectivity index (χ1) is 15.3. The third kappa shape index (κ3) is 4.32. The van der Waals surface area contributed by atoms with Crippen LogP contribution in [0.5, 0.6) is 0 Å². The number of fused-ring (bicyclic) bond motifs is 1. The summed E-state index contributed by atoms with van der Waals surface area (Å²) in [6.07, 6.45) is 3.34. The lowest BCUT2D eigenvalue weighted by molar-refractivity contribution is -0.142. The van der Waals surface area contributed by atoms with Crippen LogP contribution in [0.25, 0.3) is 11.0 Å². The number of carbonyl (C=O) groups excluding carboxylic acids is 2. The standard InChI is InChI=1S/C23H25F2N5O2/c1-15(2)22(30-14-27-19-12-17(24)18(25)13-20(19)30)23(32)29-9-7-28(8-10-29)21(31)11-16-5-3-4-6-26-16/h3-6,12-15,22H,7-11H2,1-2H3. The molecule has 0 radical (unpaired) electrons. The lowest BCUT2D eigenvalue weighted by Crippen LogP contribution is -2.53. The van der Waals surface area contributed by atoms with Crippen LogP contribution in [0.4, 0.5) is 8.78 Å². The Morgan fingerprint density at radius 1 is 1.00 bits per heavy atom. The molecule has 1 aromatic carbocycles. The number of pyridine rings is 1. The minimum atomic E-state index is -0.978. The molecule has 0 bridgehead atoms. The van der Waals surface area contributed by atoms with Crippen molar-refractivity contribution in [1.82, 2.24) is 24.3 Å². The van der Waals surface area contributed by atoms with Crippen LogP contribution >= 0.6 is 0 Å². The van der Waals surface area contributed by atoms with Gasteiger partial charge in [-0.3, -0.25) is 14.6 Å². The van der Waals surface area contributed by atoms with E-state index in [2.05, 4.69) is 9.97 Å². The van der Waals surface area contributed by atoms with Crippen molar-refractivity contribution >= 4 is 22.8 Å². The SMILES string of the molecule is CC(C)C(C(=O)N1CCN(C(=O)Cc2ccccn2)CC1)n1cnc2cc(F)c(F)cc21. The number of nitrogens with zero attached hydrogens (tertiary/aromatic N) is 5. The maximum absolute atomic E-state index is 13.8. The summed E-state index contributed by atoms with van der Waals surface area (Å²) in [5.74, 6) is -2.19. The van der Waals surface area contributed by atoms with Crippen molar-refractivity contribution < 1.29 is 18.4 Å². The number of carbonyl (C=O) groups is 2. The normalized spacial score (nSPS) is 15.4. The number of imidazole rings is 1. The first kappa shape index (κ1) is 21.9. The van der Waals surface area contributed by atoms with E-state index in [1.54, 1.807) is 26.6 Å². The summed E-state index contributed by atoms with van der Waals surface area (Å²) >= 11 is 0. The number of aromatic nitrogens is 3. The summed E-state index contributed by atoms with van der Waals surface area (Å²) in [5.41, 5.74) is 1.39. The molecular weight excluding hydrogens is 416 g/mol. The van der Waals surface area contributed by atoms with Gasteiger partial charge >= 0.3 is 0 Å². The van der Waals surface area contributed by atoms with Gasteiger partial charge in [0, 0.05) is 50.2 Å². The highest BCUT2D eigenvalue weighted by molar-refractivity contribution is 5.85. The third-order valence-corrected chi connectivity index (χ3v) is 5.80. The molecule has 1 aliphatic rings. The zero-order chi connectivity index (χ0) is 22.8. The Bertz CT molecular complexity index is 1120. The zero-order valence-electron chi connectivity index (χ0n) is 18.0. The Balaban J connectivity index is 1.46. The van der Waals surface area contributed by atoms with Gasteiger partial charge in [0.25, 0.3) is 0 Å². The maximum Gasteiger partial charge on any atom is 0.246 e. The van der Waals surface area contributed by atoms with Crippen LogP contribution in [0, 0.1) is 17.6 Å². The van der Waals surface area contributed by atoms with E-state index >= 15 is 0 Å². The summed E-state index contributed by atoms with van der Waals surface area (Å²) in [7, 11) is 0. The summed E-state index contributed by atoms with van der Waals surface area (Å²) in [4.78, 5) is 37.8. The first-order valence-corrected chi connectivity index (χ1v) is 10.6. The second kappa shape index (κ2) is 9.02. The lowest BCUT2D eigenvalue weighted by atomic mass is 10.0. The molecule has 2 aromatic heterocycles. The summed E-state index contributed by atoms with van der Waals surface area (Å²) in [5, 5.41) is 0. The summed E-state index contributed by atoms with van der Waals surface area (Å²) in [6, 6.07) is 6.97. The summed E-state index contributed by atoms with van der Waals surface area (Å²) < 4.78 is 29.0. The molecule has 0 spiro atoms. The second-order valence-electron chi connectivity index (χ2n) is 8.30. The van der Waals surface area contributed by atoms with E-state index in [4.69, 9.17) is 0 Å². The van der Waals surface area contributed by atoms with Gasteiger partial charge in [-0.25, -0.2) is 13.8 Å². The third-order valence-electron chi connectivity index (χ3n) is 5.80. The van der Waals surface area contributed by atoms with Gasteiger partial charge in [-0.2, -0.15) is 0 Å². The van der Waals surface area contributed by atoms with Crippen molar-refractivity contribution in [3.63, 3.8) is 0 Å². The zero-order valence-corrected chi connectivity index (χ0v) is 18.0. The van der Waals surface area contributed by atoms with Gasteiger partial charge in [0.05, 0.1) is 23.8 Å². The fourth-order valence-corrected chi connectivity index (χ4v) is 4.10. The molecule has 1 fully saturated rings. The first-order valence-electron chi connectivity index (χ1n) is 10.6. The van der Waals surface area contributed by atoms with E-state index in [-0.39, 0.29) is 24.2 Å². The smallest absolute Gasteiger partial charge is 0.246 e. The molecule has 1 saturated heterocycles. The van der Waals surface area contributed by atoms with Crippen molar-refractivity contribution in [2.24, 2.45) is 5.92 Å². The predicted octanol–water partition coefficient (Wildman–Crippen LogP) is 2.82. The van der Waals surface area contributed by atoms with Crippen LogP contribution in [-0.2, 0) is 16.0 Å². The number of piperazine rings is 1. The maximum atomic E-state index is 13.8. The number of amides is 2. The summed E-state index contributed by atoms with van der Waals surface area (Å²) in [6.45, 7) is 5.50. The monoisotopic (exact) mass is 441 g/mol. The number of halogens is 2. The highest BCUT2D eigenvalue weighted by Crippen LogP contribution is 2.27. The average Bonchev–Trinajstić information content (AvgIpc) is 3.16. The van der Waals surface area contributed by atoms with E-state index in [0.29, 0.717) is 42.9 Å². The number of rotatable bonds is 5. The van der Waals surface area contributed by atoms with Gasteiger partial charge in [-0.15, -0.1) is 0 Å². The number of hydrogen-bond acceptors (Lipinski definition) is 4. The molecule has 2 amide bonds. The molecule has 0 N–H and O–H groups in total. The average molecular weight is 441 g/mol. The van der Waals surface area contributed by atoms with Crippen molar-refractivity contribution in [3.05, 3.63) is 60.2 Å². The molecule has 4 rings (SSSR count).